The number of nitrogens with zero attached hydrogens (tertiary/aromatic N) is 2. The Bertz CT molecular complexity index is 693. The molecule has 0 fully saturated rings. The van der Waals surface area contributed by atoms with Gasteiger partial charge in [0.15, 0.2) is 0 Å². The van der Waals surface area contributed by atoms with Crippen LogP contribution in [-0.4, -0.2) is 15.1 Å². The monoisotopic (exact) mass is 256 g/mol. The van der Waals surface area contributed by atoms with Crippen molar-refractivity contribution in [1.29, 1.82) is 0 Å². The Morgan fingerprint density at radius 2 is 2.00 bits per heavy atom. The molecule has 18 heavy (non-hydrogen) atoms. The van der Waals surface area contributed by atoms with Gasteiger partial charge in [-0.2, -0.15) is 0 Å². The van der Waals surface area contributed by atoms with Crippen LogP contribution in [0.1, 0.15) is 21.6 Å². The van der Waals surface area contributed by atoms with Crippen molar-refractivity contribution in [3.63, 3.8) is 0 Å². The van der Waals surface area contributed by atoms with Gasteiger partial charge in [0.25, 0.3) is 0 Å². The largest absolute Gasteiger partial charge is 0.383 e. The third-order valence-electron chi connectivity index (χ3n) is 2.84. The topological polar surface area (TPSA) is 46.0 Å². The molecule has 1 aromatic carbocycles. The summed E-state index contributed by atoms with van der Waals surface area (Å²) in [6.45, 7) is 1.93. The van der Waals surface area contributed by atoms with Gasteiger partial charge >= 0.3 is 0 Å². The van der Waals surface area contributed by atoms with Crippen molar-refractivity contribution in [2.45, 2.75) is 13.0 Å². The Labute approximate surface area is 109 Å². The van der Waals surface area contributed by atoms with Crippen molar-refractivity contribution < 1.29 is 5.11 Å². The Hall–Kier alpha value is -1.78. The van der Waals surface area contributed by atoms with Gasteiger partial charge in [-0.25, -0.2) is 4.98 Å². The summed E-state index contributed by atoms with van der Waals surface area (Å²) in [6, 6.07) is 9.86. The van der Waals surface area contributed by atoms with E-state index in [0.29, 0.717) is 0 Å². The highest BCUT2D eigenvalue weighted by Crippen LogP contribution is 2.27. The van der Waals surface area contributed by atoms with Crippen LogP contribution in [0.15, 0.2) is 42.7 Å². The summed E-state index contributed by atoms with van der Waals surface area (Å²) in [4.78, 5) is 9.37. The molecule has 0 aliphatic rings. The Morgan fingerprint density at radius 1 is 1.17 bits per heavy atom. The van der Waals surface area contributed by atoms with Gasteiger partial charge in [-0.3, -0.25) is 4.98 Å². The van der Waals surface area contributed by atoms with E-state index >= 15 is 0 Å². The second kappa shape index (κ2) is 4.48. The molecule has 0 saturated carbocycles. The molecule has 3 nitrogen and oxygen atoms in total. The summed E-state index contributed by atoms with van der Waals surface area (Å²) >= 11 is 1.51. The van der Waals surface area contributed by atoms with Gasteiger partial charge in [0.1, 0.15) is 6.10 Å². The summed E-state index contributed by atoms with van der Waals surface area (Å²) in [7, 11) is 0. The molecule has 90 valence electrons. The van der Waals surface area contributed by atoms with Crippen LogP contribution in [0.3, 0.4) is 0 Å². The van der Waals surface area contributed by atoms with Gasteiger partial charge in [0, 0.05) is 23.3 Å². The van der Waals surface area contributed by atoms with E-state index in [4.69, 9.17) is 0 Å². The lowest BCUT2D eigenvalue weighted by molar-refractivity contribution is 0.223. The fraction of sp³-hybridized carbons (Fsp3) is 0.143. The van der Waals surface area contributed by atoms with Crippen molar-refractivity contribution in [2.75, 3.05) is 0 Å². The Morgan fingerprint density at radius 3 is 2.78 bits per heavy atom. The summed E-state index contributed by atoms with van der Waals surface area (Å²) in [5, 5.41) is 12.3. The van der Waals surface area contributed by atoms with Crippen LogP contribution >= 0.6 is 11.3 Å². The van der Waals surface area contributed by atoms with Crippen molar-refractivity contribution >= 4 is 22.2 Å². The van der Waals surface area contributed by atoms with Crippen LogP contribution in [0, 0.1) is 6.92 Å². The lowest BCUT2D eigenvalue weighted by Crippen LogP contribution is -1.98. The fourth-order valence-electron chi connectivity index (χ4n) is 1.91. The van der Waals surface area contributed by atoms with Crippen LogP contribution in [0.4, 0.5) is 0 Å². The molecule has 0 bridgehead atoms. The molecule has 3 rings (SSSR count). The van der Waals surface area contributed by atoms with E-state index in [-0.39, 0.29) is 0 Å². The van der Waals surface area contributed by atoms with Gasteiger partial charge in [-0.05, 0) is 19.1 Å². The zero-order chi connectivity index (χ0) is 12.5. The number of pyridine rings is 1. The Kier molecular flexibility index (Phi) is 2.81. The first-order valence-electron chi connectivity index (χ1n) is 5.69. The number of thiazole rings is 1. The summed E-state index contributed by atoms with van der Waals surface area (Å²) in [5.41, 5.74) is 1.74. The van der Waals surface area contributed by atoms with E-state index in [0.717, 1.165) is 26.4 Å². The number of hydrogen-bond donors (Lipinski definition) is 1. The molecule has 3 aromatic rings. The minimum atomic E-state index is -0.645. The van der Waals surface area contributed by atoms with Gasteiger partial charge < -0.3 is 5.11 Å². The summed E-state index contributed by atoms with van der Waals surface area (Å²) < 4.78 is 0. The van der Waals surface area contributed by atoms with E-state index in [1.807, 2.05) is 37.3 Å². The second-order valence-corrected chi connectivity index (χ2v) is 5.41. The zero-order valence-electron chi connectivity index (χ0n) is 9.87. The van der Waals surface area contributed by atoms with Gasteiger partial charge in [-0.15, -0.1) is 11.3 Å². The minimum absolute atomic E-state index is 0.645. The maximum absolute atomic E-state index is 10.3. The number of aryl methyl sites for hydroxylation is 1. The first-order chi connectivity index (χ1) is 8.74. The molecular weight excluding hydrogens is 244 g/mol. The predicted octanol–water partition coefficient (Wildman–Crippen LogP) is 3.08. The number of hydrogen-bond acceptors (Lipinski definition) is 4. The SMILES string of the molecule is Cc1ncc(C(O)c2cnc3ccccc3c2)s1. The summed E-state index contributed by atoms with van der Waals surface area (Å²) in [6.07, 6.45) is 2.80. The highest BCUT2D eigenvalue weighted by molar-refractivity contribution is 7.11. The fourth-order valence-corrected chi connectivity index (χ4v) is 2.71. The van der Waals surface area contributed by atoms with Gasteiger partial charge in [0.05, 0.1) is 15.4 Å². The molecule has 1 unspecified atom stereocenters. The molecule has 0 aliphatic heterocycles. The highest BCUT2D eigenvalue weighted by Gasteiger charge is 2.13. The normalized spacial score (nSPS) is 12.8. The number of para-hydroxylation sites is 1. The van der Waals surface area contributed by atoms with Crippen molar-refractivity contribution in [1.82, 2.24) is 9.97 Å². The average molecular weight is 256 g/mol. The van der Waals surface area contributed by atoms with Crippen molar-refractivity contribution in [3.05, 3.63) is 58.2 Å². The number of rotatable bonds is 2. The third-order valence-corrected chi connectivity index (χ3v) is 3.80. The van der Waals surface area contributed by atoms with Gasteiger partial charge in [0.2, 0.25) is 0 Å². The molecule has 2 aromatic heterocycles. The summed E-state index contributed by atoms with van der Waals surface area (Å²) in [5.74, 6) is 0. The molecule has 2 heterocycles. The van der Waals surface area contributed by atoms with Crippen LogP contribution in [0.5, 0.6) is 0 Å². The van der Waals surface area contributed by atoms with E-state index in [9.17, 15) is 5.11 Å². The minimum Gasteiger partial charge on any atom is -0.383 e. The number of aliphatic hydroxyl groups is 1. The number of aromatic nitrogens is 2. The molecular formula is C14H12N2OS. The molecule has 0 amide bonds. The average Bonchev–Trinajstić information content (AvgIpc) is 2.84. The molecule has 0 spiro atoms. The van der Waals surface area contributed by atoms with Gasteiger partial charge in [-0.1, -0.05) is 18.2 Å². The molecule has 0 saturated heterocycles. The number of fused-ring (bicyclic) bond motifs is 1. The van der Waals surface area contributed by atoms with Crippen LogP contribution in [0.25, 0.3) is 10.9 Å². The lowest BCUT2D eigenvalue weighted by Gasteiger charge is -2.08. The highest BCUT2D eigenvalue weighted by atomic mass is 32.1. The smallest absolute Gasteiger partial charge is 0.116 e. The molecule has 1 N–H and O–H groups in total. The lowest BCUT2D eigenvalue weighted by atomic mass is 10.1. The zero-order valence-corrected chi connectivity index (χ0v) is 10.7. The molecule has 0 aliphatic carbocycles. The number of benzene rings is 1. The first kappa shape index (κ1) is 11.3. The quantitative estimate of drug-likeness (QED) is 0.766. The number of aliphatic hydroxyl groups excluding tert-OH is 1. The Balaban J connectivity index is 2.03. The van der Waals surface area contributed by atoms with Crippen molar-refractivity contribution in [2.24, 2.45) is 0 Å². The molecule has 1 atom stereocenters. The maximum atomic E-state index is 10.3. The maximum Gasteiger partial charge on any atom is 0.116 e. The van der Waals surface area contributed by atoms with E-state index in [1.54, 1.807) is 12.4 Å². The third kappa shape index (κ3) is 2.00. The molecule has 4 heteroatoms. The van der Waals surface area contributed by atoms with Crippen molar-refractivity contribution in [3.8, 4) is 0 Å². The molecule has 0 radical (unpaired) electrons. The van der Waals surface area contributed by atoms with E-state index in [2.05, 4.69) is 9.97 Å². The van der Waals surface area contributed by atoms with Crippen LogP contribution < -0.4 is 0 Å². The van der Waals surface area contributed by atoms with E-state index < -0.39 is 6.10 Å². The van der Waals surface area contributed by atoms with E-state index in [1.165, 1.54) is 11.3 Å². The first-order valence-corrected chi connectivity index (χ1v) is 6.51. The second-order valence-electron chi connectivity index (χ2n) is 4.15. The standard InChI is InChI=1S/C14H12N2OS/c1-9-15-8-13(18-9)14(17)11-6-10-4-2-3-5-12(10)16-7-11/h2-8,14,17H,1H3. The van der Waals surface area contributed by atoms with Crippen LogP contribution in [-0.2, 0) is 0 Å². The predicted molar refractivity (Wildman–Crippen MR) is 72.7 cm³/mol. The van der Waals surface area contributed by atoms with Crippen LogP contribution in [0.2, 0.25) is 0 Å².